The zero-order valence-corrected chi connectivity index (χ0v) is 18.5. The number of benzene rings is 2. The van der Waals surface area contributed by atoms with Crippen molar-refractivity contribution in [2.75, 3.05) is 27.3 Å². The molecule has 0 saturated carbocycles. The number of ether oxygens (including phenoxy) is 2. The van der Waals surface area contributed by atoms with Crippen molar-refractivity contribution in [3.63, 3.8) is 0 Å². The average Bonchev–Trinajstić information content (AvgIpc) is 3.39. The van der Waals surface area contributed by atoms with Gasteiger partial charge in [-0.25, -0.2) is 4.79 Å². The Hall–Kier alpha value is -3.55. The maximum Gasteiger partial charge on any atom is 0.325 e. The van der Waals surface area contributed by atoms with Crippen LogP contribution in [-0.4, -0.2) is 55.0 Å². The third-order valence-corrected chi connectivity index (χ3v) is 6.31. The molecule has 1 N–H and O–H groups in total. The molecule has 0 radical (unpaired) electrons. The number of carbonyl (C=O) groups excluding carboxylic acids is 3. The summed E-state index contributed by atoms with van der Waals surface area (Å²) in [6.07, 6.45) is 1.70. The molecular weight excluding hydrogens is 410 g/mol. The first kappa shape index (κ1) is 21.7. The Kier molecular flexibility index (Phi) is 5.78. The quantitative estimate of drug-likeness (QED) is 0.702. The average molecular weight is 437 g/mol. The van der Waals surface area contributed by atoms with Crippen molar-refractivity contribution in [2.45, 2.75) is 31.3 Å². The summed E-state index contributed by atoms with van der Waals surface area (Å²) in [6, 6.07) is 13.9. The molecule has 8 heteroatoms. The van der Waals surface area contributed by atoms with Gasteiger partial charge in [0.15, 0.2) is 0 Å². The van der Waals surface area contributed by atoms with Crippen molar-refractivity contribution >= 4 is 17.8 Å². The fraction of sp³-hybridized carbons (Fsp3) is 0.375. The van der Waals surface area contributed by atoms with Crippen molar-refractivity contribution in [1.82, 2.24) is 15.1 Å². The summed E-state index contributed by atoms with van der Waals surface area (Å²) in [6.45, 7) is 1.95. The van der Waals surface area contributed by atoms with Gasteiger partial charge in [-0.15, -0.1) is 0 Å². The zero-order valence-electron chi connectivity index (χ0n) is 18.5. The molecule has 2 aromatic rings. The van der Waals surface area contributed by atoms with Gasteiger partial charge in [-0.2, -0.15) is 0 Å². The molecule has 0 bridgehead atoms. The van der Waals surface area contributed by atoms with Gasteiger partial charge in [0.1, 0.15) is 23.6 Å². The van der Waals surface area contributed by atoms with Gasteiger partial charge in [0.05, 0.1) is 20.3 Å². The molecule has 168 valence electrons. The molecule has 2 unspecified atom stereocenters. The SMILES string of the molecule is COc1ccc(C2CCCN2C(=O)CN2C(=O)NC(C)(c3ccc(OC)cc3)C2=O)cc1. The van der Waals surface area contributed by atoms with Gasteiger partial charge in [-0.05, 0) is 55.2 Å². The summed E-state index contributed by atoms with van der Waals surface area (Å²) in [4.78, 5) is 41.8. The number of methoxy groups -OCH3 is 2. The van der Waals surface area contributed by atoms with Crippen molar-refractivity contribution in [3.05, 3.63) is 59.7 Å². The lowest BCUT2D eigenvalue weighted by molar-refractivity contribution is -0.139. The number of likely N-dealkylation sites (tertiary alicyclic amines) is 1. The van der Waals surface area contributed by atoms with Crippen LogP contribution in [0, 0.1) is 0 Å². The fourth-order valence-corrected chi connectivity index (χ4v) is 4.42. The second-order valence-electron chi connectivity index (χ2n) is 8.19. The van der Waals surface area contributed by atoms with E-state index in [2.05, 4.69) is 5.32 Å². The fourth-order valence-electron chi connectivity index (χ4n) is 4.42. The molecule has 2 fully saturated rings. The lowest BCUT2D eigenvalue weighted by atomic mass is 9.92. The second kappa shape index (κ2) is 8.53. The van der Waals surface area contributed by atoms with E-state index >= 15 is 0 Å². The largest absolute Gasteiger partial charge is 0.497 e. The number of amides is 4. The summed E-state index contributed by atoms with van der Waals surface area (Å²) in [7, 11) is 3.17. The molecule has 2 atom stereocenters. The van der Waals surface area contributed by atoms with E-state index in [1.807, 2.05) is 24.3 Å². The minimum Gasteiger partial charge on any atom is -0.497 e. The van der Waals surface area contributed by atoms with Crippen LogP contribution in [0.3, 0.4) is 0 Å². The Bertz CT molecular complexity index is 1020. The van der Waals surface area contributed by atoms with Crippen LogP contribution >= 0.6 is 0 Å². The van der Waals surface area contributed by atoms with Crippen LogP contribution in [-0.2, 0) is 15.1 Å². The Balaban J connectivity index is 1.49. The van der Waals surface area contributed by atoms with Crippen LogP contribution in [0.15, 0.2) is 48.5 Å². The summed E-state index contributed by atoms with van der Waals surface area (Å²) < 4.78 is 10.4. The van der Waals surface area contributed by atoms with Crippen molar-refractivity contribution < 1.29 is 23.9 Å². The van der Waals surface area contributed by atoms with E-state index in [1.165, 1.54) is 0 Å². The maximum atomic E-state index is 13.2. The van der Waals surface area contributed by atoms with E-state index in [-0.39, 0.29) is 18.5 Å². The molecule has 2 heterocycles. The highest BCUT2D eigenvalue weighted by molar-refractivity contribution is 6.09. The molecule has 0 aromatic heterocycles. The number of nitrogens with zero attached hydrogens (tertiary/aromatic N) is 2. The van der Waals surface area contributed by atoms with Gasteiger partial charge in [-0.1, -0.05) is 24.3 Å². The first-order valence-electron chi connectivity index (χ1n) is 10.6. The zero-order chi connectivity index (χ0) is 22.9. The lowest BCUT2D eigenvalue weighted by Gasteiger charge is -2.27. The molecule has 2 aliphatic rings. The maximum absolute atomic E-state index is 13.2. The lowest BCUT2D eigenvalue weighted by Crippen LogP contribution is -2.44. The predicted octanol–water partition coefficient (Wildman–Crippen LogP) is 2.83. The van der Waals surface area contributed by atoms with Crippen molar-refractivity contribution in [3.8, 4) is 11.5 Å². The van der Waals surface area contributed by atoms with Gasteiger partial charge < -0.3 is 19.7 Å². The van der Waals surface area contributed by atoms with Crippen molar-refractivity contribution in [2.24, 2.45) is 0 Å². The monoisotopic (exact) mass is 437 g/mol. The van der Waals surface area contributed by atoms with E-state index < -0.39 is 17.5 Å². The normalized spacial score (nSPS) is 22.8. The van der Waals surface area contributed by atoms with Gasteiger partial charge in [0, 0.05) is 6.54 Å². The molecule has 8 nitrogen and oxygen atoms in total. The van der Waals surface area contributed by atoms with Gasteiger partial charge in [0.2, 0.25) is 5.91 Å². The minimum absolute atomic E-state index is 0.0813. The molecule has 2 aromatic carbocycles. The Morgan fingerprint density at radius 1 is 1.03 bits per heavy atom. The van der Waals surface area contributed by atoms with Gasteiger partial charge >= 0.3 is 6.03 Å². The van der Waals surface area contributed by atoms with E-state index in [0.717, 1.165) is 29.1 Å². The highest BCUT2D eigenvalue weighted by atomic mass is 16.5. The summed E-state index contributed by atoms with van der Waals surface area (Å²) in [5, 5.41) is 2.75. The molecule has 2 saturated heterocycles. The van der Waals surface area contributed by atoms with Crippen LogP contribution in [0.2, 0.25) is 0 Å². The van der Waals surface area contributed by atoms with Gasteiger partial charge in [0.25, 0.3) is 5.91 Å². The standard InChI is InChI=1S/C24H27N3O5/c1-24(17-8-12-19(32-3)13-9-17)22(29)27(23(30)25-24)15-21(28)26-14-4-5-20(26)16-6-10-18(31-2)11-7-16/h6-13,20H,4-5,14-15H2,1-3H3,(H,25,30). The van der Waals surface area contributed by atoms with E-state index in [0.29, 0.717) is 17.9 Å². The van der Waals surface area contributed by atoms with E-state index in [1.54, 1.807) is 50.3 Å². The molecule has 2 aliphatic heterocycles. The number of urea groups is 1. The Morgan fingerprint density at radius 3 is 2.22 bits per heavy atom. The molecule has 4 amide bonds. The highest BCUT2D eigenvalue weighted by Gasteiger charge is 2.50. The second-order valence-corrected chi connectivity index (χ2v) is 8.19. The Labute approximate surface area is 187 Å². The highest BCUT2D eigenvalue weighted by Crippen LogP contribution is 2.34. The van der Waals surface area contributed by atoms with Crippen LogP contribution in [0.25, 0.3) is 0 Å². The topological polar surface area (TPSA) is 88.2 Å². The predicted molar refractivity (Wildman–Crippen MR) is 117 cm³/mol. The van der Waals surface area contributed by atoms with Crippen LogP contribution < -0.4 is 14.8 Å². The third kappa shape index (κ3) is 3.77. The summed E-state index contributed by atoms with van der Waals surface area (Å²) >= 11 is 0. The van der Waals surface area contributed by atoms with Crippen molar-refractivity contribution in [1.29, 1.82) is 0 Å². The van der Waals surface area contributed by atoms with Gasteiger partial charge in [-0.3, -0.25) is 14.5 Å². The smallest absolute Gasteiger partial charge is 0.325 e. The molecule has 32 heavy (non-hydrogen) atoms. The molecule has 0 spiro atoms. The molecule has 4 rings (SSSR count). The first-order chi connectivity index (χ1) is 15.4. The first-order valence-corrected chi connectivity index (χ1v) is 10.6. The number of hydrogen-bond donors (Lipinski definition) is 1. The number of nitrogens with one attached hydrogen (secondary N) is 1. The summed E-state index contributed by atoms with van der Waals surface area (Å²) in [5.41, 5.74) is 0.408. The van der Waals surface area contributed by atoms with E-state index in [9.17, 15) is 14.4 Å². The van der Waals surface area contributed by atoms with Crippen LogP contribution in [0.1, 0.15) is 36.9 Å². The molecule has 0 aliphatic carbocycles. The number of imide groups is 1. The number of hydrogen-bond acceptors (Lipinski definition) is 5. The van der Waals surface area contributed by atoms with Crippen LogP contribution in [0.4, 0.5) is 4.79 Å². The molecular formula is C24H27N3O5. The minimum atomic E-state index is -1.23. The number of carbonyl (C=O) groups is 3. The third-order valence-electron chi connectivity index (χ3n) is 6.31. The number of rotatable bonds is 6. The van der Waals surface area contributed by atoms with Crippen LogP contribution in [0.5, 0.6) is 11.5 Å². The summed E-state index contributed by atoms with van der Waals surface area (Å²) in [5.74, 6) is 0.716. The Morgan fingerprint density at radius 2 is 1.62 bits per heavy atom. The van der Waals surface area contributed by atoms with E-state index in [4.69, 9.17) is 9.47 Å².